The summed E-state index contributed by atoms with van der Waals surface area (Å²) in [6.45, 7) is 1.56. The van der Waals surface area contributed by atoms with Crippen molar-refractivity contribution in [2.45, 2.75) is 56.8 Å². The molecule has 0 aromatic carbocycles. The maximum absolute atomic E-state index is 9.60. The Balaban J connectivity index is 1.67. The molecule has 0 spiro atoms. The molecule has 1 aliphatic carbocycles. The number of aliphatic hydroxyl groups is 2. The summed E-state index contributed by atoms with van der Waals surface area (Å²) >= 11 is 6.13. The summed E-state index contributed by atoms with van der Waals surface area (Å²) in [5.74, 6) is 1.36. The van der Waals surface area contributed by atoms with Crippen LogP contribution in [0.4, 0.5) is 11.8 Å². The van der Waals surface area contributed by atoms with Crippen molar-refractivity contribution in [3.8, 4) is 0 Å². The van der Waals surface area contributed by atoms with E-state index < -0.39 is 0 Å². The predicted molar refractivity (Wildman–Crippen MR) is 86.4 cm³/mol. The first-order valence-electron chi connectivity index (χ1n) is 8.02. The van der Waals surface area contributed by atoms with Gasteiger partial charge in [0.2, 0.25) is 5.95 Å². The molecule has 7 heteroatoms. The standard InChI is InChI=1S/C15H23ClN4O2/c16-13-9-14(20-7-5-12(22)6-8-20)19-15(18-13)17-10-1-3-11(21)4-2-10/h9-12,21-22H,1-8H2,(H,17,18,19). The van der Waals surface area contributed by atoms with Crippen LogP contribution in [0.15, 0.2) is 6.07 Å². The smallest absolute Gasteiger partial charge is 0.226 e. The third-order valence-electron chi connectivity index (χ3n) is 4.50. The lowest BCUT2D eigenvalue weighted by atomic mass is 9.93. The number of aromatic nitrogens is 2. The van der Waals surface area contributed by atoms with E-state index in [2.05, 4.69) is 20.2 Å². The normalized spacial score (nSPS) is 27.0. The van der Waals surface area contributed by atoms with E-state index in [-0.39, 0.29) is 18.2 Å². The molecule has 1 saturated carbocycles. The Morgan fingerprint density at radius 3 is 2.32 bits per heavy atom. The first-order chi connectivity index (χ1) is 10.6. The maximum atomic E-state index is 9.60. The van der Waals surface area contributed by atoms with Gasteiger partial charge in [-0.1, -0.05) is 11.6 Å². The minimum atomic E-state index is -0.208. The average Bonchev–Trinajstić information content (AvgIpc) is 2.50. The molecule has 1 aromatic rings. The van der Waals surface area contributed by atoms with Crippen molar-refractivity contribution in [2.75, 3.05) is 23.3 Å². The van der Waals surface area contributed by atoms with Crippen LogP contribution in [0, 0.1) is 0 Å². The Kier molecular flexibility index (Phi) is 5.00. The predicted octanol–water partition coefficient (Wildman–Crippen LogP) is 1.81. The minimum absolute atomic E-state index is 0.173. The maximum Gasteiger partial charge on any atom is 0.226 e. The van der Waals surface area contributed by atoms with E-state index >= 15 is 0 Å². The zero-order chi connectivity index (χ0) is 15.5. The fourth-order valence-electron chi connectivity index (χ4n) is 3.13. The lowest BCUT2D eigenvalue weighted by Gasteiger charge is -2.31. The summed E-state index contributed by atoms with van der Waals surface area (Å²) in [5, 5.41) is 22.9. The molecule has 2 aliphatic rings. The Bertz CT molecular complexity index is 500. The van der Waals surface area contributed by atoms with Gasteiger partial charge < -0.3 is 20.4 Å². The molecule has 6 nitrogen and oxygen atoms in total. The Morgan fingerprint density at radius 2 is 1.64 bits per heavy atom. The van der Waals surface area contributed by atoms with Crippen LogP contribution >= 0.6 is 11.6 Å². The molecule has 0 amide bonds. The van der Waals surface area contributed by atoms with Crippen LogP contribution in [-0.4, -0.2) is 51.5 Å². The molecule has 3 rings (SSSR count). The second kappa shape index (κ2) is 6.98. The van der Waals surface area contributed by atoms with E-state index in [1.54, 1.807) is 6.07 Å². The lowest BCUT2D eigenvalue weighted by Crippen LogP contribution is -2.36. The zero-order valence-corrected chi connectivity index (χ0v) is 13.3. The lowest BCUT2D eigenvalue weighted by molar-refractivity contribution is 0.126. The van der Waals surface area contributed by atoms with Gasteiger partial charge in [0.15, 0.2) is 0 Å². The van der Waals surface area contributed by atoms with Crippen molar-refractivity contribution < 1.29 is 10.2 Å². The molecule has 122 valence electrons. The van der Waals surface area contributed by atoms with Crippen molar-refractivity contribution in [3.63, 3.8) is 0 Å². The van der Waals surface area contributed by atoms with Crippen LogP contribution < -0.4 is 10.2 Å². The number of hydrogen-bond donors (Lipinski definition) is 3. The molecular weight excluding hydrogens is 304 g/mol. The Labute approximate surface area is 135 Å². The second-order valence-corrected chi connectivity index (χ2v) is 6.63. The third-order valence-corrected chi connectivity index (χ3v) is 4.69. The quantitative estimate of drug-likeness (QED) is 0.735. The largest absolute Gasteiger partial charge is 0.393 e. The number of anilines is 2. The highest BCUT2D eigenvalue weighted by atomic mass is 35.5. The molecule has 2 heterocycles. The molecule has 1 aromatic heterocycles. The number of piperidine rings is 1. The van der Waals surface area contributed by atoms with E-state index in [0.717, 1.165) is 57.4 Å². The molecule has 1 aliphatic heterocycles. The van der Waals surface area contributed by atoms with E-state index in [0.29, 0.717) is 11.1 Å². The van der Waals surface area contributed by atoms with E-state index in [1.165, 1.54) is 0 Å². The number of nitrogens with one attached hydrogen (secondary N) is 1. The van der Waals surface area contributed by atoms with Crippen molar-refractivity contribution in [1.29, 1.82) is 0 Å². The highest BCUT2D eigenvalue weighted by molar-refractivity contribution is 6.29. The van der Waals surface area contributed by atoms with Gasteiger partial charge in [-0.05, 0) is 38.5 Å². The number of aliphatic hydroxyl groups excluding tert-OH is 2. The molecule has 2 fully saturated rings. The van der Waals surface area contributed by atoms with Crippen molar-refractivity contribution in [2.24, 2.45) is 0 Å². The summed E-state index contributed by atoms with van der Waals surface area (Å²) < 4.78 is 0. The highest BCUT2D eigenvalue weighted by Gasteiger charge is 2.22. The van der Waals surface area contributed by atoms with E-state index in [4.69, 9.17) is 11.6 Å². The van der Waals surface area contributed by atoms with Gasteiger partial charge in [0, 0.05) is 25.2 Å². The molecule has 0 radical (unpaired) electrons. The third kappa shape index (κ3) is 4.00. The summed E-state index contributed by atoms with van der Waals surface area (Å²) in [6.07, 6.45) is 4.60. The van der Waals surface area contributed by atoms with Gasteiger partial charge >= 0.3 is 0 Å². The number of rotatable bonds is 3. The van der Waals surface area contributed by atoms with Crippen LogP contribution in [-0.2, 0) is 0 Å². The van der Waals surface area contributed by atoms with Crippen LogP contribution in [0.25, 0.3) is 0 Å². The molecular formula is C15H23ClN4O2. The van der Waals surface area contributed by atoms with Gasteiger partial charge in [0.1, 0.15) is 11.0 Å². The Morgan fingerprint density at radius 1 is 1.00 bits per heavy atom. The number of halogens is 1. The summed E-state index contributed by atoms with van der Waals surface area (Å²) in [6, 6.07) is 2.06. The molecule has 0 bridgehead atoms. The summed E-state index contributed by atoms with van der Waals surface area (Å²) in [4.78, 5) is 11.0. The number of nitrogens with zero attached hydrogens (tertiary/aromatic N) is 3. The van der Waals surface area contributed by atoms with Crippen LogP contribution in [0.2, 0.25) is 5.15 Å². The molecule has 3 N–H and O–H groups in total. The second-order valence-electron chi connectivity index (χ2n) is 6.24. The fraction of sp³-hybridized carbons (Fsp3) is 0.733. The zero-order valence-electron chi connectivity index (χ0n) is 12.6. The van der Waals surface area contributed by atoms with Gasteiger partial charge in [-0.2, -0.15) is 4.98 Å². The number of hydrogen-bond acceptors (Lipinski definition) is 6. The van der Waals surface area contributed by atoms with Gasteiger partial charge in [0.25, 0.3) is 0 Å². The highest BCUT2D eigenvalue weighted by Crippen LogP contribution is 2.25. The monoisotopic (exact) mass is 326 g/mol. The van der Waals surface area contributed by atoms with Crippen molar-refractivity contribution >= 4 is 23.4 Å². The van der Waals surface area contributed by atoms with Gasteiger partial charge in [-0.15, -0.1) is 0 Å². The summed E-state index contributed by atoms with van der Waals surface area (Å²) in [5.41, 5.74) is 0. The SMILES string of the molecule is OC1CCC(Nc2nc(Cl)cc(N3CCC(O)CC3)n2)CC1. The van der Waals surface area contributed by atoms with E-state index in [1.807, 2.05) is 0 Å². The van der Waals surface area contributed by atoms with Gasteiger partial charge in [0.05, 0.1) is 12.2 Å². The van der Waals surface area contributed by atoms with Crippen LogP contribution in [0.5, 0.6) is 0 Å². The molecule has 0 atom stereocenters. The fourth-order valence-corrected chi connectivity index (χ4v) is 3.31. The van der Waals surface area contributed by atoms with Crippen molar-refractivity contribution in [1.82, 2.24) is 9.97 Å². The average molecular weight is 327 g/mol. The molecule has 1 saturated heterocycles. The van der Waals surface area contributed by atoms with Crippen molar-refractivity contribution in [3.05, 3.63) is 11.2 Å². The van der Waals surface area contributed by atoms with Crippen LogP contribution in [0.1, 0.15) is 38.5 Å². The molecule has 0 unspecified atom stereocenters. The van der Waals surface area contributed by atoms with Crippen LogP contribution in [0.3, 0.4) is 0 Å². The van der Waals surface area contributed by atoms with Gasteiger partial charge in [-0.25, -0.2) is 4.98 Å². The minimum Gasteiger partial charge on any atom is -0.393 e. The Hall–Kier alpha value is -1.11. The van der Waals surface area contributed by atoms with E-state index in [9.17, 15) is 10.2 Å². The topological polar surface area (TPSA) is 81.5 Å². The first kappa shape index (κ1) is 15.8. The first-order valence-corrected chi connectivity index (χ1v) is 8.40. The molecule has 22 heavy (non-hydrogen) atoms. The summed E-state index contributed by atoms with van der Waals surface area (Å²) in [7, 11) is 0. The van der Waals surface area contributed by atoms with Gasteiger partial charge in [-0.3, -0.25) is 0 Å².